The van der Waals surface area contributed by atoms with E-state index in [9.17, 15) is 19.2 Å². The Morgan fingerprint density at radius 1 is 1.35 bits per heavy atom. The van der Waals surface area contributed by atoms with E-state index < -0.39 is 5.97 Å². The first-order chi connectivity index (χ1) is 10.9. The molecule has 0 unspecified atom stereocenters. The number of imide groups is 1. The SMILES string of the molecule is CN(CCC(=O)O)C(=O)c1cccc(CN2C(=O)CSC2=O)c1. The summed E-state index contributed by atoms with van der Waals surface area (Å²) in [5.74, 6) is -1.37. The van der Waals surface area contributed by atoms with Crippen molar-refractivity contribution in [2.24, 2.45) is 0 Å². The lowest BCUT2D eigenvalue weighted by atomic mass is 10.1. The number of hydrogen-bond acceptors (Lipinski definition) is 5. The fraction of sp³-hybridized carbons (Fsp3) is 0.333. The van der Waals surface area contributed by atoms with Gasteiger partial charge in [-0.1, -0.05) is 23.9 Å². The van der Waals surface area contributed by atoms with Gasteiger partial charge in [0.2, 0.25) is 5.91 Å². The molecule has 1 aromatic carbocycles. The summed E-state index contributed by atoms with van der Waals surface area (Å²) >= 11 is 0.964. The second kappa shape index (κ2) is 7.28. The van der Waals surface area contributed by atoms with Gasteiger partial charge in [-0.3, -0.25) is 24.1 Å². The summed E-state index contributed by atoms with van der Waals surface area (Å²) in [6.45, 7) is 0.239. The lowest BCUT2D eigenvalue weighted by molar-refractivity contribution is -0.137. The Bertz CT molecular complexity index is 645. The van der Waals surface area contributed by atoms with E-state index in [1.807, 2.05) is 0 Å². The molecule has 0 atom stereocenters. The standard InChI is InChI=1S/C15H16N2O5S/c1-16(6-5-13(19)20)14(21)11-4-2-3-10(7-11)8-17-12(18)9-23-15(17)22/h2-4,7H,5-6,8-9H2,1H3,(H,19,20). The molecule has 0 radical (unpaired) electrons. The first kappa shape index (κ1) is 17.0. The van der Waals surface area contributed by atoms with Crippen molar-refractivity contribution in [1.82, 2.24) is 9.80 Å². The molecule has 3 amide bonds. The normalized spacial score (nSPS) is 14.2. The minimum atomic E-state index is -0.970. The summed E-state index contributed by atoms with van der Waals surface area (Å²) in [4.78, 5) is 48.5. The van der Waals surface area contributed by atoms with Gasteiger partial charge in [0.15, 0.2) is 0 Å². The molecule has 1 heterocycles. The number of hydrogen-bond donors (Lipinski definition) is 1. The van der Waals surface area contributed by atoms with Crippen LogP contribution < -0.4 is 0 Å². The van der Waals surface area contributed by atoms with Crippen LogP contribution in [0.25, 0.3) is 0 Å². The van der Waals surface area contributed by atoms with Crippen LogP contribution >= 0.6 is 11.8 Å². The van der Waals surface area contributed by atoms with Gasteiger partial charge in [0.25, 0.3) is 11.1 Å². The first-order valence-corrected chi connectivity index (χ1v) is 7.90. The Balaban J connectivity index is 2.07. The number of carboxylic acids is 1. The van der Waals surface area contributed by atoms with E-state index in [4.69, 9.17) is 5.11 Å². The first-order valence-electron chi connectivity index (χ1n) is 6.92. The topological polar surface area (TPSA) is 95.0 Å². The quantitative estimate of drug-likeness (QED) is 0.844. The molecule has 1 saturated heterocycles. The van der Waals surface area contributed by atoms with Crippen LogP contribution in [0.1, 0.15) is 22.3 Å². The lowest BCUT2D eigenvalue weighted by Gasteiger charge is -2.17. The highest BCUT2D eigenvalue weighted by molar-refractivity contribution is 8.14. The Kier molecular flexibility index (Phi) is 5.38. The largest absolute Gasteiger partial charge is 0.481 e. The van der Waals surface area contributed by atoms with Crippen LogP contribution in [-0.4, -0.2) is 57.3 Å². The number of amides is 3. The van der Waals surface area contributed by atoms with E-state index in [1.165, 1.54) is 11.9 Å². The van der Waals surface area contributed by atoms with E-state index in [2.05, 4.69) is 0 Å². The summed E-state index contributed by atoms with van der Waals surface area (Å²) in [6.07, 6.45) is -0.129. The third-order valence-electron chi connectivity index (χ3n) is 3.36. The maximum atomic E-state index is 12.3. The van der Waals surface area contributed by atoms with Crippen LogP contribution in [-0.2, 0) is 16.1 Å². The number of carbonyl (C=O) groups excluding carboxylic acids is 3. The highest BCUT2D eigenvalue weighted by Crippen LogP contribution is 2.21. The average molecular weight is 336 g/mol. The van der Waals surface area contributed by atoms with Crippen LogP contribution in [0, 0.1) is 0 Å². The molecule has 1 aromatic rings. The fourth-order valence-corrected chi connectivity index (χ4v) is 2.83. The summed E-state index contributed by atoms with van der Waals surface area (Å²) in [5.41, 5.74) is 1.06. The van der Waals surface area contributed by atoms with Crippen molar-refractivity contribution >= 4 is 34.8 Å². The third-order valence-corrected chi connectivity index (χ3v) is 4.22. The Morgan fingerprint density at radius 3 is 2.70 bits per heavy atom. The van der Waals surface area contributed by atoms with Crippen LogP contribution in [0.2, 0.25) is 0 Å². The Morgan fingerprint density at radius 2 is 2.09 bits per heavy atom. The van der Waals surface area contributed by atoms with Crippen molar-refractivity contribution in [1.29, 1.82) is 0 Å². The van der Waals surface area contributed by atoms with Crippen molar-refractivity contribution in [2.75, 3.05) is 19.3 Å². The number of aliphatic carboxylic acids is 1. The van der Waals surface area contributed by atoms with Crippen LogP contribution in [0.5, 0.6) is 0 Å². The summed E-state index contributed by atoms with van der Waals surface area (Å²) in [6, 6.07) is 6.64. The number of nitrogens with zero attached hydrogens (tertiary/aromatic N) is 2. The second-order valence-corrected chi connectivity index (χ2v) is 6.03. The number of benzene rings is 1. The van der Waals surface area contributed by atoms with Gasteiger partial charge in [0.1, 0.15) is 0 Å². The van der Waals surface area contributed by atoms with Crippen molar-refractivity contribution < 1.29 is 24.3 Å². The molecule has 1 fully saturated rings. The monoisotopic (exact) mass is 336 g/mol. The number of rotatable bonds is 6. The molecular formula is C15H16N2O5S. The molecule has 8 heteroatoms. The highest BCUT2D eigenvalue weighted by Gasteiger charge is 2.29. The molecule has 7 nitrogen and oxygen atoms in total. The molecule has 1 aliphatic heterocycles. The highest BCUT2D eigenvalue weighted by atomic mass is 32.2. The molecule has 0 bridgehead atoms. The van der Waals surface area contributed by atoms with E-state index >= 15 is 0 Å². The van der Waals surface area contributed by atoms with Gasteiger partial charge in [-0.15, -0.1) is 0 Å². The fourth-order valence-electron chi connectivity index (χ4n) is 2.10. The minimum absolute atomic E-state index is 0.109. The van der Waals surface area contributed by atoms with Crippen molar-refractivity contribution in [3.05, 3.63) is 35.4 Å². The van der Waals surface area contributed by atoms with Gasteiger partial charge in [-0.05, 0) is 17.7 Å². The van der Waals surface area contributed by atoms with Crippen LogP contribution in [0.4, 0.5) is 4.79 Å². The van der Waals surface area contributed by atoms with E-state index in [0.717, 1.165) is 16.7 Å². The molecule has 1 N–H and O–H groups in total. The third kappa shape index (κ3) is 4.32. The van der Waals surface area contributed by atoms with Crippen LogP contribution in [0.15, 0.2) is 24.3 Å². The van der Waals surface area contributed by atoms with Gasteiger partial charge in [-0.2, -0.15) is 0 Å². The predicted octanol–water partition coefficient (Wildman–Crippen LogP) is 1.43. The zero-order chi connectivity index (χ0) is 17.0. The molecule has 122 valence electrons. The van der Waals surface area contributed by atoms with E-state index in [0.29, 0.717) is 11.1 Å². The van der Waals surface area contributed by atoms with Gasteiger partial charge < -0.3 is 10.0 Å². The molecule has 0 spiro atoms. The smallest absolute Gasteiger partial charge is 0.305 e. The summed E-state index contributed by atoms with van der Waals surface area (Å²) < 4.78 is 0. The molecule has 1 aliphatic rings. The Labute approximate surface area is 137 Å². The molecule has 23 heavy (non-hydrogen) atoms. The van der Waals surface area contributed by atoms with Gasteiger partial charge in [-0.25, -0.2) is 0 Å². The summed E-state index contributed by atoms with van der Waals surface area (Å²) in [5, 5.41) is 8.37. The van der Waals surface area contributed by atoms with Crippen LogP contribution in [0.3, 0.4) is 0 Å². The Hall–Kier alpha value is -2.35. The maximum Gasteiger partial charge on any atom is 0.305 e. The van der Waals surface area contributed by atoms with Crippen molar-refractivity contribution in [3.63, 3.8) is 0 Å². The zero-order valence-corrected chi connectivity index (χ0v) is 13.3. The average Bonchev–Trinajstić information content (AvgIpc) is 2.84. The molecule has 0 aliphatic carbocycles. The number of thioether (sulfide) groups is 1. The summed E-state index contributed by atoms with van der Waals surface area (Å²) in [7, 11) is 1.53. The van der Waals surface area contributed by atoms with Gasteiger partial charge in [0, 0.05) is 19.2 Å². The van der Waals surface area contributed by atoms with Gasteiger partial charge in [0.05, 0.1) is 18.7 Å². The number of carboxylic acid groups (broad SMARTS) is 1. The van der Waals surface area contributed by atoms with E-state index in [1.54, 1.807) is 24.3 Å². The minimum Gasteiger partial charge on any atom is -0.481 e. The van der Waals surface area contributed by atoms with Gasteiger partial charge >= 0.3 is 5.97 Å². The predicted molar refractivity (Wildman–Crippen MR) is 84.1 cm³/mol. The zero-order valence-electron chi connectivity index (χ0n) is 12.5. The van der Waals surface area contributed by atoms with E-state index in [-0.39, 0.29) is 42.3 Å². The second-order valence-electron chi connectivity index (χ2n) is 5.11. The molecular weight excluding hydrogens is 320 g/mol. The lowest BCUT2D eigenvalue weighted by Crippen LogP contribution is -2.30. The maximum absolute atomic E-state index is 12.3. The van der Waals surface area contributed by atoms with Crippen molar-refractivity contribution in [3.8, 4) is 0 Å². The molecule has 0 saturated carbocycles. The molecule has 2 rings (SSSR count). The number of carbonyl (C=O) groups is 4. The molecule has 0 aromatic heterocycles. The van der Waals surface area contributed by atoms with Crippen molar-refractivity contribution in [2.45, 2.75) is 13.0 Å².